The zero-order chi connectivity index (χ0) is 7.28. The first-order valence-electron chi connectivity index (χ1n) is 3.43. The Morgan fingerprint density at radius 2 is 2.00 bits per heavy atom. The zero-order valence-electron chi connectivity index (χ0n) is 6.55. The fourth-order valence-corrected chi connectivity index (χ4v) is 1.58. The van der Waals surface area contributed by atoms with Gasteiger partial charge >= 0.3 is 0 Å². The lowest BCUT2D eigenvalue weighted by atomic mass is 10.1. The van der Waals surface area contributed by atoms with Crippen LogP contribution in [0.2, 0.25) is 0 Å². The topological polar surface area (TPSA) is 26.0 Å². The second kappa shape index (κ2) is 5.12. The highest BCUT2D eigenvalue weighted by Gasteiger charge is 2.05. The monoisotopic (exact) mass is 147 g/mol. The van der Waals surface area contributed by atoms with Crippen LogP contribution in [-0.4, -0.2) is 18.1 Å². The molecule has 0 saturated heterocycles. The van der Waals surface area contributed by atoms with E-state index < -0.39 is 0 Å². The van der Waals surface area contributed by atoms with Crippen LogP contribution in [-0.2, 0) is 0 Å². The van der Waals surface area contributed by atoms with Crippen LogP contribution in [0, 0.1) is 5.92 Å². The quantitative estimate of drug-likeness (QED) is 0.655. The molecule has 2 heteroatoms. The Morgan fingerprint density at radius 1 is 1.44 bits per heavy atom. The lowest BCUT2D eigenvalue weighted by Crippen LogP contribution is -2.18. The van der Waals surface area contributed by atoms with Crippen LogP contribution in [0.5, 0.6) is 0 Å². The molecule has 1 atom stereocenters. The van der Waals surface area contributed by atoms with Crippen molar-refractivity contribution in [1.82, 2.24) is 0 Å². The fourth-order valence-electron chi connectivity index (χ4n) is 0.814. The van der Waals surface area contributed by atoms with Gasteiger partial charge in [-0.1, -0.05) is 13.8 Å². The van der Waals surface area contributed by atoms with E-state index in [9.17, 15) is 0 Å². The molecule has 0 bridgehead atoms. The first kappa shape index (κ1) is 9.31. The maximum atomic E-state index is 5.51. The standard InChI is InChI=1S/C7H17NS/c1-6(2)4-7(5-8)9-3/h6-7H,4-5,8H2,1-3H3. The first-order valence-corrected chi connectivity index (χ1v) is 4.72. The average molecular weight is 147 g/mol. The summed E-state index contributed by atoms with van der Waals surface area (Å²) in [5.74, 6) is 0.783. The molecule has 0 saturated carbocycles. The van der Waals surface area contributed by atoms with E-state index in [1.165, 1.54) is 6.42 Å². The Morgan fingerprint density at radius 3 is 2.11 bits per heavy atom. The van der Waals surface area contributed by atoms with Gasteiger partial charge in [0, 0.05) is 11.8 Å². The molecule has 9 heavy (non-hydrogen) atoms. The number of hydrogen-bond donors (Lipinski definition) is 1. The number of hydrogen-bond acceptors (Lipinski definition) is 2. The molecule has 0 radical (unpaired) electrons. The van der Waals surface area contributed by atoms with Gasteiger partial charge in [-0.25, -0.2) is 0 Å². The van der Waals surface area contributed by atoms with E-state index in [2.05, 4.69) is 20.1 Å². The van der Waals surface area contributed by atoms with Crippen LogP contribution < -0.4 is 5.73 Å². The van der Waals surface area contributed by atoms with Gasteiger partial charge in [0.2, 0.25) is 0 Å². The van der Waals surface area contributed by atoms with Gasteiger partial charge in [-0.3, -0.25) is 0 Å². The molecule has 56 valence electrons. The molecular weight excluding hydrogens is 130 g/mol. The van der Waals surface area contributed by atoms with E-state index in [1.54, 1.807) is 0 Å². The van der Waals surface area contributed by atoms with Crippen LogP contribution in [0.1, 0.15) is 20.3 Å². The van der Waals surface area contributed by atoms with E-state index in [-0.39, 0.29) is 0 Å². The smallest absolute Gasteiger partial charge is 0.0169 e. The van der Waals surface area contributed by atoms with Crippen LogP contribution >= 0.6 is 11.8 Å². The van der Waals surface area contributed by atoms with Crippen LogP contribution in [0.3, 0.4) is 0 Å². The van der Waals surface area contributed by atoms with E-state index >= 15 is 0 Å². The van der Waals surface area contributed by atoms with Gasteiger partial charge in [0.25, 0.3) is 0 Å². The molecule has 0 heterocycles. The van der Waals surface area contributed by atoms with Crippen molar-refractivity contribution in [3.8, 4) is 0 Å². The number of thioether (sulfide) groups is 1. The van der Waals surface area contributed by atoms with Gasteiger partial charge in [-0.2, -0.15) is 11.8 Å². The normalized spacial score (nSPS) is 14.3. The molecule has 0 fully saturated rings. The van der Waals surface area contributed by atoms with Crippen molar-refractivity contribution in [2.45, 2.75) is 25.5 Å². The van der Waals surface area contributed by atoms with E-state index in [0.29, 0.717) is 5.25 Å². The van der Waals surface area contributed by atoms with E-state index in [4.69, 9.17) is 5.73 Å². The molecular formula is C7H17NS. The predicted octanol–water partition coefficient (Wildman–Crippen LogP) is 1.72. The SMILES string of the molecule is CSC(CN)CC(C)C. The minimum absolute atomic E-state index is 0.671. The van der Waals surface area contributed by atoms with Gasteiger partial charge in [0.1, 0.15) is 0 Å². The van der Waals surface area contributed by atoms with Crippen molar-refractivity contribution in [1.29, 1.82) is 0 Å². The highest BCUT2D eigenvalue weighted by molar-refractivity contribution is 7.99. The molecule has 0 aromatic rings. The number of nitrogens with two attached hydrogens (primary N) is 1. The molecule has 1 nitrogen and oxygen atoms in total. The Hall–Kier alpha value is 0.310. The summed E-state index contributed by atoms with van der Waals surface area (Å²) in [6.45, 7) is 5.29. The Kier molecular flexibility index (Phi) is 5.30. The van der Waals surface area contributed by atoms with Crippen LogP contribution in [0.4, 0.5) is 0 Å². The maximum Gasteiger partial charge on any atom is 0.0169 e. The fraction of sp³-hybridized carbons (Fsp3) is 1.00. The van der Waals surface area contributed by atoms with Crippen molar-refractivity contribution in [2.24, 2.45) is 11.7 Å². The lowest BCUT2D eigenvalue weighted by molar-refractivity contribution is 0.571. The average Bonchev–Trinajstić information content (AvgIpc) is 1.82. The summed E-state index contributed by atoms with van der Waals surface area (Å²) in [4.78, 5) is 0. The third-order valence-corrected chi connectivity index (χ3v) is 2.38. The van der Waals surface area contributed by atoms with Crippen molar-refractivity contribution in [3.05, 3.63) is 0 Å². The molecule has 2 N–H and O–H groups in total. The van der Waals surface area contributed by atoms with Gasteiger partial charge in [-0.15, -0.1) is 0 Å². The van der Waals surface area contributed by atoms with Gasteiger partial charge < -0.3 is 5.73 Å². The van der Waals surface area contributed by atoms with Crippen LogP contribution in [0.15, 0.2) is 0 Å². The maximum absolute atomic E-state index is 5.51. The van der Waals surface area contributed by atoms with Gasteiger partial charge in [-0.05, 0) is 18.6 Å². The summed E-state index contributed by atoms with van der Waals surface area (Å²) in [5.41, 5.74) is 5.51. The highest BCUT2D eigenvalue weighted by atomic mass is 32.2. The second-order valence-corrected chi connectivity index (χ2v) is 3.86. The summed E-state index contributed by atoms with van der Waals surface area (Å²) in [6, 6.07) is 0. The van der Waals surface area contributed by atoms with Crippen molar-refractivity contribution >= 4 is 11.8 Å². The minimum Gasteiger partial charge on any atom is -0.329 e. The molecule has 0 aromatic carbocycles. The Balaban J connectivity index is 3.31. The Bertz CT molecular complexity index is 59.9. The Labute approximate surface area is 62.4 Å². The summed E-state index contributed by atoms with van der Waals surface area (Å²) in [7, 11) is 0. The minimum atomic E-state index is 0.671. The molecule has 0 aromatic heterocycles. The molecule has 1 unspecified atom stereocenters. The molecule has 0 amide bonds. The lowest BCUT2D eigenvalue weighted by Gasteiger charge is -2.13. The number of rotatable bonds is 4. The molecule has 0 aliphatic rings. The van der Waals surface area contributed by atoms with Crippen molar-refractivity contribution in [2.75, 3.05) is 12.8 Å². The van der Waals surface area contributed by atoms with E-state index in [1.807, 2.05) is 11.8 Å². The summed E-state index contributed by atoms with van der Waals surface area (Å²) in [6.07, 6.45) is 3.37. The molecule has 0 spiro atoms. The summed E-state index contributed by atoms with van der Waals surface area (Å²) >= 11 is 1.87. The second-order valence-electron chi connectivity index (χ2n) is 2.72. The highest BCUT2D eigenvalue weighted by Crippen LogP contribution is 2.14. The van der Waals surface area contributed by atoms with Gasteiger partial charge in [0.05, 0.1) is 0 Å². The van der Waals surface area contributed by atoms with Crippen molar-refractivity contribution in [3.63, 3.8) is 0 Å². The predicted molar refractivity (Wildman–Crippen MR) is 45.8 cm³/mol. The summed E-state index contributed by atoms with van der Waals surface area (Å²) in [5, 5.41) is 0.671. The third-order valence-electron chi connectivity index (χ3n) is 1.33. The van der Waals surface area contributed by atoms with Crippen LogP contribution in [0.25, 0.3) is 0 Å². The van der Waals surface area contributed by atoms with Crippen molar-refractivity contribution < 1.29 is 0 Å². The summed E-state index contributed by atoms with van der Waals surface area (Å²) < 4.78 is 0. The van der Waals surface area contributed by atoms with Gasteiger partial charge in [0.15, 0.2) is 0 Å². The van der Waals surface area contributed by atoms with E-state index in [0.717, 1.165) is 12.5 Å². The molecule has 0 aliphatic heterocycles. The molecule has 0 rings (SSSR count). The largest absolute Gasteiger partial charge is 0.329 e. The third kappa shape index (κ3) is 4.79. The molecule has 0 aliphatic carbocycles. The first-order chi connectivity index (χ1) is 4.20. The zero-order valence-corrected chi connectivity index (χ0v) is 7.37.